The first-order chi connectivity index (χ1) is 6.09. The molecule has 1 fully saturated rings. The van der Waals surface area contributed by atoms with Crippen LogP contribution in [0.15, 0.2) is 6.07 Å². The van der Waals surface area contributed by atoms with Gasteiger partial charge in [-0.1, -0.05) is 0 Å². The van der Waals surface area contributed by atoms with E-state index in [1.165, 1.54) is 29.8 Å². The molecule has 0 aliphatic heterocycles. The topological polar surface area (TPSA) is 41.8 Å². The van der Waals surface area contributed by atoms with Gasteiger partial charge in [0, 0.05) is 16.9 Å². The highest BCUT2D eigenvalue weighted by Gasteiger charge is 2.37. The summed E-state index contributed by atoms with van der Waals surface area (Å²) in [7, 11) is 0. The number of hydrogen-bond donors (Lipinski definition) is 2. The Hall–Kier alpha value is -0.760. The third-order valence-corrected chi connectivity index (χ3v) is 3.02. The Morgan fingerprint density at radius 3 is 2.62 bits per heavy atom. The molecule has 1 saturated carbocycles. The molecule has 0 saturated heterocycles. The van der Waals surface area contributed by atoms with Crippen LogP contribution in [0, 0.1) is 13.8 Å². The summed E-state index contributed by atoms with van der Waals surface area (Å²) in [6, 6.07) is 2.20. The van der Waals surface area contributed by atoms with Crippen molar-refractivity contribution in [3.8, 4) is 0 Å². The Kier molecular flexibility index (Phi) is 1.95. The lowest BCUT2D eigenvalue weighted by Crippen LogP contribution is -2.22. The molecule has 1 aliphatic carbocycles. The molecule has 72 valence electrons. The summed E-state index contributed by atoms with van der Waals surface area (Å²) < 4.78 is 0. The zero-order valence-electron chi connectivity index (χ0n) is 8.48. The molecule has 1 aliphatic rings. The standard InChI is InChI=1S/C11H18N2/c1-8-7-9(2)13-10(8)3-4-11(12)5-6-11/h7,13H,3-6,12H2,1-2H3. The van der Waals surface area contributed by atoms with E-state index >= 15 is 0 Å². The van der Waals surface area contributed by atoms with Crippen LogP contribution in [0.25, 0.3) is 0 Å². The van der Waals surface area contributed by atoms with Gasteiger partial charge in [-0.05, 0) is 51.2 Å². The molecular formula is C11H18N2. The maximum Gasteiger partial charge on any atom is 0.0179 e. The number of aryl methyl sites for hydroxylation is 3. The van der Waals surface area contributed by atoms with Gasteiger partial charge in [-0.15, -0.1) is 0 Å². The van der Waals surface area contributed by atoms with Crippen molar-refractivity contribution in [1.82, 2.24) is 4.98 Å². The molecular weight excluding hydrogens is 160 g/mol. The van der Waals surface area contributed by atoms with Gasteiger partial charge in [-0.25, -0.2) is 0 Å². The van der Waals surface area contributed by atoms with E-state index in [0.717, 1.165) is 12.8 Å². The molecule has 3 N–H and O–H groups in total. The first kappa shape index (κ1) is 8.82. The van der Waals surface area contributed by atoms with Gasteiger partial charge in [-0.3, -0.25) is 0 Å². The monoisotopic (exact) mass is 178 g/mol. The highest BCUT2D eigenvalue weighted by molar-refractivity contribution is 5.24. The minimum absolute atomic E-state index is 0.186. The minimum atomic E-state index is 0.186. The largest absolute Gasteiger partial charge is 0.362 e. The second-order valence-electron chi connectivity index (χ2n) is 4.48. The second-order valence-corrected chi connectivity index (χ2v) is 4.48. The van der Waals surface area contributed by atoms with Gasteiger partial charge in [0.2, 0.25) is 0 Å². The van der Waals surface area contributed by atoms with Crippen LogP contribution in [0.5, 0.6) is 0 Å². The van der Waals surface area contributed by atoms with Gasteiger partial charge in [0.25, 0.3) is 0 Å². The van der Waals surface area contributed by atoms with Crippen LogP contribution in [0.1, 0.15) is 36.2 Å². The highest BCUT2D eigenvalue weighted by Crippen LogP contribution is 2.36. The number of nitrogens with two attached hydrogens (primary N) is 1. The fourth-order valence-corrected chi connectivity index (χ4v) is 1.83. The van der Waals surface area contributed by atoms with Crippen molar-refractivity contribution in [2.45, 2.75) is 45.1 Å². The Labute approximate surface area is 79.5 Å². The molecule has 0 bridgehead atoms. The summed E-state index contributed by atoms with van der Waals surface area (Å²) in [5.41, 5.74) is 10.2. The van der Waals surface area contributed by atoms with Crippen molar-refractivity contribution >= 4 is 0 Å². The summed E-state index contributed by atoms with van der Waals surface area (Å²) in [4.78, 5) is 3.39. The van der Waals surface area contributed by atoms with Crippen molar-refractivity contribution in [1.29, 1.82) is 0 Å². The van der Waals surface area contributed by atoms with Crippen molar-refractivity contribution in [2.24, 2.45) is 5.73 Å². The Bertz CT molecular complexity index is 308. The zero-order chi connectivity index (χ0) is 9.47. The summed E-state index contributed by atoms with van der Waals surface area (Å²) in [5.74, 6) is 0. The molecule has 0 radical (unpaired) electrons. The van der Waals surface area contributed by atoms with E-state index in [9.17, 15) is 0 Å². The van der Waals surface area contributed by atoms with Crippen LogP contribution in [0.4, 0.5) is 0 Å². The quantitative estimate of drug-likeness (QED) is 0.731. The number of hydrogen-bond acceptors (Lipinski definition) is 1. The molecule has 0 unspecified atom stereocenters. The molecule has 0 atom stereocenters. The lowest BCUT2D eigenvalue weighted by molar-refractivity contribution is 0.603. The number of H-pyrrole nitrogens is 1. The molecule has 2 heteroatoms. The second kappa shape index (κ2) is 2.88. The van der Waals surface area contributed by atoms with E-state index < -0.39 is 0 Å². The van der Waals surface area contributed by atoms with E-state index in [2.05, 4.69) is 24.9 Å². The maximum atomic E-state index is 6.04. The third-order valence-electron chi connectivity index (χ3n) is 3.02. The van der Waals surface area contributed by atoms with Crippen molar-refractivity contribution in [3.05, 3.63) is 23.0 Å². The molecule has 0 aromatic carbocycles. The molecule has 0 spiro atoms. The van der Waals surface area contributed by atoms with Gasteiger partial charge in [0.15, 0.2) is 0 Å². The van der Waals surface area contributed by atoms with Crippen molar-refractivity contribution < 1.29 is 0 Å². The predicted molar refractivity (Wildman–Crippen MR) is 54.7 cm³/mol. The molecule has 13 heavy (non-hydrogen) atoms. The average Bonchev–Trinajstić information content (AvgIpc) is 2.69. The predicted octanol–water partition coefficient (Wildman–Crippen LogP) is 2.06. The van der Waals surface area contributed by atoms with Crippen molar-refractivity contribution in [2.75, 3.05) is 0 Å². The fourth-order valence-electron chi connectivity index (χ4n) is 1.83. The Balaban J connectivity index is 1.97. The molecule has 0 amide bonds. The van der Waals surface area contributed by atoms with Crippen LogP contribution in [-0.2, 0) is 6.42 Å². The van der Waals surface area contributed by atoms with Crippen LogP contribution in [-0.4, -0.2) is 10.5 Å². The van der Waals surface area contributed by atoms with Crippen LogP contribution in [0.2, 0.25) is 0 Å². The van der Waals surface area contributed by atoms with Gasteiger partial charge < -0.3 is 10.7 Å². The van der Waals surface area contributed by atoms with E-state index in [-0.39, 0.29) is 5.54 Å². The zero-order valence-corrected chi connectivity index (χ0v) is 8.48. The first-order valence-electron chi connectivity index (χ1n) is 5.03. The summed E-state index contributed by atoms with van der Waals surface area (Å²) in [6.45, 7) is 4.26. The lowest BCUT2D eigenvalue weighted by atomic mass is 10.1. The molecule has 1 aromatic heterocycles. The van der Waals surface area contributed by atoms with Gasteiger partial charge in [-0.2, -0.15) is 0 Å². The van der Waals surface area contributed by atoms with Crippen LogP contribution >= 0.6 is 0 Å². The lowest BCUT2D eigenvalue weighted by Gasteiger charge is -2.07. The summed E-state index contributed by atoms with van der Waals surface area (Å²) in [5, 5.41) is 0. The van der Waals surface area contributed by atoms with E-state index in [1.807, 2.05) is 0 Å². The molecule has 2 rings (SSSR count). The number of aromatic nitrogens is 1. The van der Waals surface area contributed by atoms with E-state index in [1.54, 1.807) is 0 Å². The fraction of sp³-hybridized carbons (Fsp3) is 0.636. The smallest absolute Gasteiger partial charge is 0.0179 e. The van der Waals surface area contributed by atoms with E-state index in [4.69, 9.17) is 5.73 Å². The highest BCUT2D eigenvalue weighted by atomic mass is 14.8. The Morgan fingerprint density at radius 1 is 1.46 bits per heavy atom. The summed E-state index contributed by atoms with van der Waals surface area (Å²) in [6.07, 6.45) is 4.67. The minimum Gasteiger partial charge on any atom is -0.362 e. The molecule has 2 nitrogen and oxygen atoms in total. The Morgan fingerprint density at radius 2 is 2.15 bits per heavy atom. The van der Waals surface area contributed by atoms with Crippen molar-refractivity contribution in [3.63, 3.8) is 0 Å². The third kappa shape index (κ3) is 1.94. The maximum absolute atomic E-state index is 6.04. The number of aromatic amines is 1. The SMILES string of the molecule is Cc1cc(C)c(CCC2(N)CC2)[nH]1. The molecule has 1 heterocycles. The van der Waals surface area contributed by atoms with Gasteiger partial charge >= 0.3 is 0 Å². The van der Waals surface area contributed by atoms with Crippen LogP contribution in [0.3, 0.4) is 0 Å². The molecule has 1 aromatic rings. The normalized spacial score (nSPS) is 19.0. The first-order valence-corrected chi connectivity index (χ1v) is 5.03. The van der Waals surface area contributed by atoms with Gasteiger partial charge in [0.05, 0.1) is 0 Å². The number of rotatable bonds is 3. The summed E-state index contributed by atoms with van der Waals surface area (Å²) >= 11 is 0. The van der Waals surface area contributed by atoms with Crippen LogP contribution < -0.4 is 5.73 Å². The average molecular weight is 178 g/mol. The number of nitrogens with one attached hydrogen (secondary N) is 1. The van der Waals surface area contributed by atoms with Gasteiger partial charge in [0.1, 0.15) is 0 Å². The van der Waals surface area contributed by atoms with E-state index in [0.29, 0.717) is 0 Å².